The van der Waals surface area contributed by atoms with Crippen LogP contribution in [-0.2, 0) is 32.5 Å². The maximum Gasteiger partial charge on any atom is 0.224 e. The van der Waals surface area contributed by atoms with Crippen LogP contribution in [0.1, 0.15) is 44.6 Å². The molecule has 1 aromatic rings. The molecule has 1 aliphatic rings. The first-order valence-corrected chi connectivity index (χ1v) is 11.5. The summed E-state index contributed by atoms with van der Waals surface area (Å²) in [7, 11) is -3.42. The first-order chi connectivity index (χ1) is 13.0. The maximum atomic E-state index is 12.5. The van der Waals surface area contributed by atoms with Gasteiger partial charge in [-0.05, 0) is 33.6 Å². The highest BCUT2D eigenvalue weighted by molar-refractivity contribution is 7.89. The number of aromatic nitrogens is 2. The standard InChI is InChI=1S/C19H34N4O4S/c1-13(2)10-23-17(6)18(16(5)21-23)9-19(24)20-7-8-28(25,26)22-11-14(3)27-15(4)12-22/h13-15H,7-12H2,1-6H3,(H,20,24)/t14-,15-/m0/s1. The summed E-state index contributed by atoms with van der Waals surface area (Å²) in [6, 6.07) is 0. The highest BCUT2D eigenvalue weighted by atomic mass is 32.2. The fraction of sp³-hybridized carbons (Fsp3) is 0.789. The summed E-state index contributed by atoms with van der Waals surface area (Å²) in [4.78, 5) is 12.3. The Kier molecular flexibility index (Phi) is 7.64. The fourth-order valence-electron chi connectivity index (χ4n) is 3.54. The van der Waals surface area contributed by atoms with Gasteiger partial charge in [-0.15, -0.1) is 0 Å². The van der Waals surface area contributed by atoms with Gasteiger partial charge in [0.1, 0.15) is 0 Å². The number of ether oxygens (including phenoxy) is 1. The lowest BCUT2D eigenvalue weighted by atomic mass is 10.1. The van der Waals surface area contributed by atoms with E-state index in [0.717, 1.165) is 23.5 Å². The van der Waals surface area contributed by atoms with Crippen LogP contribution in [0.25, 0.3) is 0 Å². The Morgan fingerprint density at radius 3 is 2.43 bits per heavy atom. The number of rotatable bonds is 8. The number of carbonyl (C=O) groups is 1. The number of amides is 1. The van der Waals surface area contributed by atoms with Crippen LogP contribution in [-0.4, -0.2) is 66.0 Å². The predicted octanol–water partition coefficient (Wildman–Crippen LogP) is 1.25. The van der Waals surface area contributed by atoms with Gasteiger partial charge in [0.25, 0.3) is 0 Å². The van der Waals surface area contributed by atoms with Gasteiger partial charge in [0, 0.05) is 37.4 Å². The van der Waals surface area contributed by atoms with E-state index in [-0.39, 0.29) is 36.8 Å². The molecule has 2 heterocycles. The van der Waals surface area contributed by atoms with Gasteiger partial charge < -0.3 is 10.1 Å². The number of aryl methyl sites for hydroxylation is 1. The van der Waals surface area contributed by atoms with Crippen LogP contribution in [0.15, 0.2) is 0 Å². The summed E-state index contributed by atoms with van der Waals surface area (Å²) in [6.07, 6.45) is -0.0376. The molecule has 28 heavy (non-hydrogen) atoms. The number of morpholine rings is 1. The lowest BCUT2D eigenvalue weighted by Gasteiger charge is -2.34. The smallest absolute Gasteiger partial charge is 0.224 e. The van der Waals surface area contributed by atoms with Crippen molar-refractivity contribution in [2.45, 2.75) is 66.7 Å². The van der Waals surface area contributed by atoms with E-state index in [1.54, 1.807) is 0 Å². The second-order valence-electron chi connectivity index (χ2n) is 8.14. The molecule has 1 amide bonds. The summed E-state index contributed by atoms with van der Waals surface area (Å²) in [5.74, 6) is 0.174. The normalized spacial score (nSPS) is 21.2. The van der Waals surface area contributed by atoms with Gasteiger partial charge >= 0.3 is 0 Å². The number of hydrogen-bond donors (Lipinski definition) is 1. The Morgan fingerprint density at radius 2 is 1.86 bits per heavy atom. The van der Waals surface area contributed by atoms with Gasteiger partial charge in [-0.3, -0.25) is 9.48 Å². The molecule has 0 spiro atoms. The SMILES string of the molecule is Cc1nn(CC(C)C)c(C)c1CC(=O)NCCS(=O)(=O)N1C[C@H](C)O[C@@H](C)C1. The second-order valence-corrected chi connectivity index (χ2v) is 10.2. The summed E-state index contributed by atoms with van der Waals surface area (Å²) in [5.41, 5.74) is 2.75. The molecular formula is C19H34N4O4S. The molecule has 2 atom stereocenters. The van der Waals surface area contributed by atoms with Crippen molar-refractivity contribution in [3.8, 4) is 0 Å². The minimum absolute atomic E-state index is 0.0967. The summed E-state index contributed by atoms with van der Waals surface area (Å²) >= 11 is 0. The van der Waals surface area contributed by atoms with Crippen molar-refractivity contribution in [1.29, 1.82) is 0 Å². The van der Waals surface area contributed by atoms with Crippen molar-refractivity contribution in [2.24, 2.45) is 5.92 Å². The van der Waals surface area contributed by atoms with Crippen molar-refractivity contribution in [2.75, 3.05) is 25.4 Å². The summed E-state index contributed by atoms with van der Waals surface area (Å²) < 4.78 is 34.1. The topological polar surface area (TPSA) is 93.5 Å². The Balaban J connectivity index is 1.88. The summed E-state index contributed by atoms with van der Waals surface area (Å²) in [5, 5.41) is 7.26. The molecule has 2 rings (SSSR count). The summed E-state index contributed by atoms with van der Waals surface area (Å²) in [6.45, 7) is 13.5. The maximum absolute atomic E-state index is 12.5. The molecule has 0 aliphatic carbocycles. The van der Waals surface area contributed by atoms with Crippen molar-refractivity contribution >= 4 is 15.9 Å². The molecule has 0 unspecified atom stereocenters. The van der Waals surface area contributed by atoms with E-state index in [2.05, 4.69) is 24.3 Å². The minimum atomic E-state index is -3.42. The van der Waals surface area contributed by atoms with Crippen LogP contribution in [0, 0.1) is 19.8 Å². The van der Waals surface area contributed by atoms with Gasteiger partial charge in [0.05, 0.1) is 30.1 Å². The molecule has 1 aliphatic heterocycles. The minimum Gasteiger partial charge on any atom is -0.373 e. The molecule has 1 N–H and O–H groups in total. The monoisotopic (exact) mass is 414 g/mol. The Bertz CT molecular complexity index is 778. The molecule has 0 bridgehead atoms. The third-order valence-corrected chi connectivity index (χ3v) is 6.67. The fourth-order valence-corrected chi connectivity index (χ4v) is 5.04. The van der Waals surface area contributed by atoms with Crippen LogP contribution in [0.5, 0.6) is 0 Å². The number of carbonyl (C=O) groups excluding carboxylic acids is 1. The Morgan fingerprint density at radius 1 is 1.25 bits per heavy atom. The molecule has 1 aromatic heterocycles. The molecule has 160 valence electrons. The van der Waals surface area contributed by atoms with Crippen LogP contribution >= 0.6 is 0 Å². The van der Waals surface area contributed by atoms with Crippen molar-refractivity contribution < 1.29 is 17.9 Å². The number of nitrogens with zero attached hydrogens (tertiary/aromatic N) is 3. The van der Waals surface area contributed by atoms with E-state index in [0.29, 0.717) is 19.0 Å². The molecule has 1 saturated heterocycles. The van der Waals surface area contributed by atoms with E-state index < -0.39 is 10.0 Å². The molecule has 8 nitrogen and oxygen atoms in total. The largest absolute Gasteiger partial charge is 0.373 e. The Labute approximate surface area is 168 Å². The van der Waals surface area contributed by atoms with Gasteiger partial charge in [-0.25, -0.2) is 8.42 Å². The third-order valence-electron chi connectivity index (χ3n) is 4.87. The van der Waals surface area contributed by atoms with Gasteiger partial charge in [0.15, 0.2) is 0 Å². The van der Waals surface area contributed by atoms with Crippen molar-refractivity contribution in [3.05, 3.63) is 17.0 Å². The quantitative estimate of drug-likeness (QED) is 0.691. The average molecular weight is 415 g/mol. The molecule has 0 radical (unpaired) electrons. The predicted molar refractivity (Wildman–Crippen MR) is 109 cm³/mol. The molecular weight excluding hydrogens is 380 g/mol. The van der Waals surface area contributed by atoms with Crippen LogP contribution in [0.4, 0.5) is 0 Å². The number of hydrogen-bond acceptors (Lipinski definition) is 5. The van der Waals surface area contributed by atoms with Gasteiger partial charge in [0.2, 0.25) is 15.9 Å². The van der Waals surface area contributed by atoms with E-state index in [4.69, 9.17) is 4.74 Å². The molecule has 0 saturated carbocycles. The van der Waals surface area contributed by atoms with Crippen LogP contribution < -0.4 is 5.32 Å². The number of sulfonamides is 1. The van der Waals surface area contributed by atoms with E-state index in [9.17, 15) is 13.2 Å². The van der Waals surface area contributed by atoms with Crippen molar-refractivity contribution in [1.82, 2.24) is 19.4 Å². The van der Waals surface area contributed by atoms with Crippen molar-refractivity contribution in [3.63, 3.8) is 0 Å². The highest BCUT2D eigenvalue weighted by Crippen LogP contribution is 2.16. The van der Waals surface area contributed by atoms with Crippen LogP contribution in [0.2, 0.25) is 0 Å². The molecule has 0 aromatic carbocycles. The van der Waals surface area contributed by atoms with Gasteiger partial charge in [-0.2, -0.15) is 9.40 Å². The lowest BCUT2D eigenvalue weighted by molar-refractivity contribution is -0.120. The van der Waals surface area contributed by atoms with E-state index in [1.165, 1.54) is 4.31 Å². The first kappa shape index (κ1) is 22.8. The second kappa shape index (κ2) is 9.37. The van der Waals surface area contributed by atoms with Crippen LogP contribution in [0.3, 0.4) is 0 Å². The molecule has 9 heteroatoms. The highest BCUT2D eigenvalue weighted by Gasteiger charge is 2.30. The lowest BCUT2D eigenvalue weighted by Crippen LogP contribution is -2.49. The van der Waals surface area contributed by atoms with E-state index >= 15 is 0 Å². The number of nitrogens with one attached hydrogen (secondary N) is 1. The van der Waals surface area contributed by atoms with Gasteiger partial charge in [-0.1, -0.05) is 13.8 Å². The Hall–Kier alpha value is -1.45. The molecule has 1 fully saturated rings. The zero-order valence-corrected chi connectivity index (χ0v) is 18.7. The third kappa shape index (κ3) is 6.02. The average Bonchev–Trinajstić information content (AvgIpc) is 2.80. The first-order valence-electron chi connectivity index (χ1n) is 9.92. The zero-order chi connectivity index (χ0) is 21.1. The zero-order valence-electron chi connectivity index (χ0n) is 17.9. The van der Waals surface area contributed by atoms with E-state index in [1.807, 2.05) is 32.4 Å².